The monoisotopic (exact) mass is 285 g/mol. The Morgan fingerprint density at radius 1 is 1.45 bits per heavy atom. The van der Waals surface area contributed by atoms with E-state index in [4.69, 9.17) is 0 Å². The fraction of sp³-hybridized carbons (Fsp3) is 0.857. The van der Waals surface area contributed by atoms with E-state index >= 15 is 0 Å². The maximum atomic E-state index is 12.3. The van der Waals surface area contributed by atoms with Gasteiger partial charge in [0.25, 0.3) is 0 Å². The van der Waals surface area contributed by atoms with Gasteiger partial charge in [-0.3, -0.25) is 4.79 Å². The van der Waals surface area contributed by atoms with Crippen molar-refractivity contribution in [2.75, 3.05) is 40.3 Å². The van der Waals surface area contributed by atoms with E-state index in [-0.39, 0.29) is 6.03 Å². The SMILES string of the molecule is CCCC1(C(=O)O)CCCN(C(=O)N(C)CCNC)C1. The van der Waals surface area contributed by atoms with E-state index in [0.717, 1.165) is 19.4 Å². The first-order chi connectivity index (χ1) is 9.46. The summed E-state index contributed by atoms with van der Waals surface area (Å²) in [5.74, 6) is -0.769. The summed E-state index contributed by atoms with van der Waals surface area (Å²) < 4.78 is 0. The van der Waals surface area contributed by atoms with Crippen molar-refractivity contribution < 1.29 is 14.7 Å². The molecule has 6 nitrogen and oxygen atoms in total. The molecule has 0 aromatic heterocycles. The van der Waals surface area contributed by atoms with E-state index in [2.05, 4.69) is 5.32 Å². The number of piperidine rings is 1. The molecule has 0 aliphatic carbocycles. The minimum absolute atomic E-state index is 0.0679. The van der Waals surface area contributed by atoms with Crippen LogP contribution < -0.4 is 5.32 Å². The highest BCUT2D eigenvalue weighted by Crippen LogP contribution is 2.35. The number of likely N-dealkylation sites (tertiary alicyclic amines) is 1. The smallest absolute Gasteiger partial charge is 0.319 e. The molecule has 0 spiro atoms. The zero-order valence-corrected chi connectivity index (χ0v) is 12.8. The van der Waals surface area contributed by atoms with Gasteiger partial charge in [-0.15, -0.1) is 0 Å². The van der Waals surface area contributed by atoms with Crippen molar-refractivity contribution in [3.05, 3.63) is 0 Å². The van der Waals surface area contributed by atoms with Gasteiger partial charge in [0, 0.05) is 33.2 Å². The number of carboxylic acid groups (broad SMARTS) is 1. The molecule has 1 saturated heterocycles. The average Bonchev–Trinajstić information content (AvgIpc) is 2.44. The van der Waals surface area contributed by atoms with E-state index in [1.54, 1.807) is 16.8 Å². The summed E-state index contributed by atoms with van der Waals surface area (Å²) in [5, 5.41) is 12.5. The van der Waals surface area contributed by atoms with Crippen molar-refractivity contribution >= 4 is 12.0 Å². The second kappa shape index (κ2) is 7.47. The van der Waals surface area contributed by atoms with E-state index in [0.29, 0.717) is 32.5 Å². The van der Waals surface area contributed by atoms with Crippen LogP contribution in [0, 0.1) is 5.41 Å². The number of carbonyl (C=O) groups excluding carboxylic acids is 1. The number of carboxylic acids is 1. The van der Waals surface area contributed by atoms with Crippen LogP contribution in [0.15, 0.2) is 0 Å². The lowest BCUT2D eigenvalue weighted by Gasteiger charge is -2.41. The van der Waals surface area contributed by atoms with Crippen molar-refractivity contribution in [1.82, 2.24) is 15.1 Å². The van der Waals surface area contributed by atoms with Gasteiger partial charge in [0.15, 0.2) is 0 Å². The molecule has 1 aliphatic heterocycles. The molecule has 1 aliphatic rings. The lowest BCUT2D eigenvalue weighted by Crippen LogP contribution is -2.53. The predicted molar refractivity (Wildman–Crippen MR) is 77.7 cm³/mol. The normalized spacial score (nSPS) is 22.6. The molecule has 1 rings (SSSR count). The number of rotatable bonds is 6. The maximum Gasteiger partial charge on any atom is 0.319 e. The molecular formula is C14H27N3O3. The largest absolute Gasteiger partial charge is 0.481 e. The highest BCUT2D eigenvalue weighted by Gasteiger charge is 2.43. The second-order valence-electron chi connectivity index (χ2n) is 5.67. The van der Waals surface area contributed by atoms with Crippen LogP contribution in [0.1, 0.15) is 32.6 Å². The summed E-state index contributed by atoms with van der Waals surface area (Å²) in [6, 6.07) is -0.0679. The van der Waals surface area contributed by atoms with Gasteiger partial charge in [0.05, 0.1) is 5.41 Å². The number of carbonyl (C=O) groups is 2. The van der Waals surface area contributed by atoms with Gasteiger partial charge in [-0.1, -0.05) is 13.3 Å². The summed E-state index contributed by atoms with van der Waals surface area (Å²) in [6.45, 7) is 4.33. The van der Waals surface area contributed by atoms with E-state index < -0.39 is 11.4 Å². The number of nitrogens with one attached hydrogen (secondary N) is 1. The number of urea groups is 1. The fourth-order valence-electron chi connectivity index (χ4n) is 2.88. The zero-order valence-electron chi connectivity index (χ0n) is 12.8. The lowest BCUT2D eigenvalue weighted by atomic mass is 9.76. The molecule has 1 unspecified atom stereocenters. The van der Waals surface area contributed by atoms with Gasteiger partial charge in [-0.05, 0) is 26.3 Å². The van der Waals surface area contributed by atoms with Gasteiger partial charge in [-0.25, -0.2) is 4.79 Å². The fourth-order valence-corrected chi connectivity index (χ4v) is 2.88. The molecular weight excluding hydrogens is 258 g/mol. The average molecular weight is 285 g/mol. The highest BCUT2D eigenvalue weighted by atomic mass is 16.4. The number of amides is 2. The Bertz CT molecular complexity index is 345. The molecule has 6 heteroatoms. The molecule has 116 valence electrons. The van der Waals surface area contributed by atoms with Gasteiger partial charge >= 0.3 is 12.0 Å². The summed E-state index contributed by atoms with van der Waals surface area (Å²) in [7, 11) is 3.60. The van der Waals surface area contributed by atoms with E-state index in [1.165, 1.54) is 0 Å². The molecule has 0 aromatic rings. The highest BCUT2D eigenvalue weighted by molar-refractivity contribution is 5.78. The molecule has 0 bridgehead atoms. The molecule has 1 heterocycles. The van der Waals surface area contributed by atoms with Crippen molar-refractivity contribution in [2.45, 2.75) is 32.6 Å². The van der Waals surface area contributed by atoms with Gasteiger partial charge in [-0.2, -0.15) is 0 Å². The Morgan fingerprint density at radius 3 is 2.70 bits per heavy atom. The molecule has 0 saturated carbocycles. The molecule has 0 aromatic carbocycles. The molecule has 1 fully saturated rings. The first-order valence-electron chi connectivity index (χ1n) is 7.35. The number of aliphatic carboxylic acids is 1. The van der Waals surface area contributed by atoms with Crippen molar-refractivity contribution in [1.29, 1.82) is 0 Å². The number of nitrogens with zero attached hydrogens (tertiary/aromatic N) is 2. The summed E-state index contributed by atoms with van der Waals surface area (Å²) in [5.41, 5.74) is -0.757. The van der Waals surface area contributed by atoms with Crippen LogP contribution in [-0.4, -0.2) is 67.2 Å². The van der Waals surface area contributed by atoms with Gasteiger partial charge in [0.2, 0.25) is 0 Å². The molecule has 2 N–H and O–H groups in total. The lowest BCUT2D eigenvalue weighted by molar-refractivity contribution is -0.152. The number of hydrogen-bond donors (Lipinski definition) is 2. The van der Waals surface area contributed by atoms with Crippen molar-refractivity contribution in [3.8, 4) is 0 Å². The van der Waals surface area contributed by atoms with Crippen LogP contribution in [-0.2, 0) is 4.79 Å². The Balaban J connectivity index is 2.72. The third-order valence-corrected chi connectivity index (χ3v) is 4.05. The Hall–Kier alpha value is -1.30. The second-order valence-corrected chi connectivity index (χ2v) is 5.67. The van der Waals surface area contributed by atoms with Crippen molar-refractivity contribution in [2.24, 2.45) is 5.41 Å². The number of likely N-dealkylation sites (N-methyl/N-ethyl adjacent to an activating group) is 2. The maximum absolute atomic E-state index is 12.3. The minimum Gasteiger partial charge on any atom is -0.481 e. The number of hydrogen-bond acceptors (Lipinski definition) is 3. The van der Waals surface area contributed by atoms with E-state index in [1.807, 2.05) is 14.0 Å². The molecule has 0 radical (unpaired) electrons. The summed E-state index contributed by atoms with van der Waals surface area (Å²) >= 11 is 0. The summed E-state index contributed by atoms with van der Waals surface area (Å²) in [4.78, 5) is 27.3. The van der Waals surface area contributed by atoms with Gasteiger partial charge < -0.3 is 20.2 Å². The standard InChI is InChI=1S/C14H27N3O3/c1-4-6-14(12(18)19)7-5-9-17(11-14)13(20)16(3)10-8-15-2/h15H,4-11H2,1-3H3,(H,18,19). The predicted octanol–water partition coefficient (Wildman–Crippen LogP) is 1.22. The minimum atomic E-state index is -0.769. The molecule has 20 heavy (non-hydrogen) atoms. The van der Waals surface area contributed by atoms with E-state index in [9.17, 15) is 14.7 Å². The van der Waals surface area contributed by atoms with Crippen LogP contribution in [0.4, 0.5) is 4.79 Å². The van der Waals surface area contributed by atoms with Gasteiger partial charge in [0.1, 0.15) is 0 Å². The Kier molecular flexibility index (Phi) is 6.26. The van der Waals surface area contributed by atoms with Crippen molar-refractivity contribution in [3.63, 3.8) is 0 Å². The Labute approximate surface area is 121 Å². The molecule has 1 atom stereocenters. The van der Waals surface area contributed by atoms with Crippen LogP contribution in [0.25, 0.3) is 0 Å². The third kappa shape index (κ3) is 3.85. The topological polar surface area (TPSA) is 72.9 Å². The quantitative estimate of drug-likeness (QED) is 0.770. The Morgan fingerprint density at radius 2 is 2.15 bits per heavy atom. The van der Waals surface area contributed by atoms with Crippen LogP contribution in [0.3, 0.4) is 0 Å². The third-order valence-electron chi connectivity index (χ3n) is 4.05. The van der Waals surface area contributed by atoms with Crippen LogP contribution in [0.2, 0.25) is 0 Å². The molecule has 2 amide bonds. The first-order valence-corrected chi connectivity index (χ1v) is 7.35. The van der Waals surface area contributed by atoms with Crippen LogP contribution >= 0.6 is 0 Å². The first kappa shape index (κ1) is 16.8. The van der Waals surface area contributed by atoms with Crippen LogP contribution in [0.5, 0.6) is 0 Å². The summed E-state index contributed by atoms with van der Waals surface area (Å²) in [6.07, 6.45) is 2.88. The zero-order chi connectivity index (χ0) is 15.2.